The van der Waals surface area contributed by atoms with Gasteiger partial charge in [-0.25, -0.2) is 9.48 Å². The molecule has 0 saturated heterocycles. The van der Waals surface area contributed by atoms with Gasteiger partial charge in [-0.15, -0.1) is 0 Å². The highest BCUT2D eigenvalue weighted by Gasteiger charge is 2.19. The number of hydrogen-bond acceptors (Lipinski definition) is 5. The average Bonchev–Trinajstić information content (AvgIpc) is 2.74. The molecule has 1 heterocycles. The minimum absolute atomic E-state index is 0.122. The van der Waals surface area contributed by atoms with Crippen LogP contribution in [0.2, 0.25) is 0 Å². The summed E-state index contributed by atoms with van der Waals surface area (Å²) in [4.78, 5) is 25.8. The Kier molecular flexibility index (Phi) is 5.23. The van der Waals surface area contributed by atoms with Crippen molar-refractivity contribution in [3.8, 4) is 11.5 Å². The normalized spacial score (nSPS) is 11.2. The molecule has 152 valence electrons. The molecule has 3 aromatic carbocycles. The molecule has 0 radical (unpaired) electrons. The summed E-state index contributed by atoms with van der Waals surface area (Å²) in [6.45, 7) is 4.40. The number of nitrogens with zero attached hydrogens (tertiary/aromatic N) is 2. The van der Waals surface area contributed by atoms with Crippen molar-refractivity contribution in [1.29, 1.82) is 0 Å². The molecule has 30 heavy (non-hydrogen) atoms. The first-order valence-corrected chi connectivity index (χ1v) is 9.76. The number of ether oxygens (including phenoxy) is 2. The SMILES string of the molecule is COc1ccc2ccc(OC(=O)c3nn(CC(C)C)c(=O)c4ccccc34)cc2c1. The second-order valence-corrected chi connectivity index (χ2v) is 7.54. The van der Waals surface area contributed by atoms with Gasteiger partial charge in [0.2, 0.25) is 0 Å². The summed E-state index contributed by atoms with van der Waals surface area (Å²) in [7, 11) is 1.61. The van der Waals surface area contributed by atoms with Crippen molar-refractivity contribution in [2.75, 3.05) is 7.11 Å². The second kappa shape index (κ2) is 7.99. The third-order valence-electron chi connectivity index (χ3n) is 4.83. The Bertz CT molecular complexity index is 1310. The van der Waals surface area contributed by atoms with Gasteiger partial charge >= 0.3 is 5.97 Å². The summed E-state index contributed by atoms with van der Waals surface area (Å²) in [5.74, 6) is 0.717. The van der Waals surface area contributed by atoms with Crippen LogP contribution in [0.1, 0.15) is 24.3 Å². The van der Waals surface area contributed by atoms with Crippen molar-refractivity contribution in [3.05, 3.63) is 76.7 Å². The van der Waals surface area contributed by atoms with E-state index >= 15 is 0 Å². The lowest BCUT2D eigenvalue weighted by Crippen LogP contribution is -2.28. The Balaban J connectivity index is 1.75. The first kappa shape index (κ1) is 19.6. The molecule has 0 spiro atoms. The molecule has 1 aromatic heterocycles. The van der Waals surface area contributed by atoms with Crippen LogP contribution in [0.4, 0.5) is 0 Å². The fraction of sp³-hybridized carbons (Fsp3) is 0.208. The molecule has 0 N–H and O–H groups in total. The van der Waals surface area contributed by atoms with E-state index in [1.807, 2.05) is 38.1 Å². The molecule has 0 fully saturated rings. The van der Waals surface area contributed by atoms with E-state index in [0.717, 1.165) is 16.5 Å². The van der Waals surface area contributed by atoms with Gasteiger partial charge < -0.3 is 9.47 Å². The number of rotatable bonds is 5. The molecular formula is C24H22N2O4. The Morgan fingerprint density at radius 1 is 0.967 bits per heavy atom. The highest BCUT2D eigenvalue weighted by molar-refractivity contribution is 6.03. The zero-order valence-corrected chi connectivity index (χ0v) is 17.1. The van der Waals surface area contributed by atoms with Gasteiger partial charge in [-0.05, 0) is 47.0 Å². The largest absolute Gasteiger partial charge is 0.497 e. The maximum absolute atomic E-state index is 13.0. The molecule has 0 atom stereocenters. The van der Waals surface area contributed by atoms with Crippen LogP contribution < -0.4 is 15.0 Å². The minimum atomic E-state index is -0.606. The fourth-order valence-corrected chi connectivity index (χ4v) is 3.40. The quantitative estimate of drug-likeness (QED) is 0.365. The second-order valence-electron chi connectivity index (χ2n) is 7.54. The van der Waals surface area contributed by atoms with Crippen LogP contribution in [-0.4, -0.2) is 22.9 Å². The number of carbonyl (C=O) groups excluding carboxylic acids is 1. The lowest BCUT2D eigenvalue weighted by atomic mass is 10.1. The molecule has 0 saturated carbocycles. The lowest BCUT2D eigenvalue weighted by Gasteiger charge is -2.12. The smallest absolute Gasteiger partial charge is 0.364 e. The Morgan fingerprint density at radius 3 is 2.33 bits per heavy atom. The van der Waals surface area contributed by atoms with Gasteiger partial charge in [-0.1, -0.05) is 44.2 Å². The van der Waals surface area contributed by atoms with Gasteiger partial charge in [-0.3, -0.25) is 4.79 Å². The number of carbonyl (C=O) groups is 1. The number of esters is 1. The average molecular weight is 402 g/mol. The number of benzene rings is 3. The van der Waals surface area contributed by atoms with E-state index in [1.54, 1.807) is 43.5 Å². The topological polar surface area (TPSA) is 70.4 Å². The van der Waals surface area contributed by atoms with Gasteiger partial charge in [0.25, 0.3) is 5.56 Å². The van der Waals surface area contributed by atoms with E-state index in [4.69, 9.17) is 9.47 Å². The van der Waals surface area contributed by atoms with Crippen LogP contribution in [0.15, 0.2) is 65.5 Å². The predicted molar refractivity (Wildman–Crippen MR) is 116 cm³/mol. The van der Waals surface area contributed by atoms with Gasteiger partial charge in [0, 0.05) is 11.9 Å². The molecule has 4 aromatic rings. The summed E-state index contributed by atoms with van der Waals surface area (Å²) in [5, 5.41) is 7.16. The maximum atomic E-state index is 13.0. The van der Waals surface area contributed by atoms with E-state index in [-0.39, 0.29) is 17.2 Å². The van der Waals surface area contributed by atoms with E-state index in [9.17, 15) is 9.59 Å². The van der Waals surface area contributed by atoms with Crippen LogP contribution in [0.25, 0.3) is 21.5 Å². The van der Waals surface area contributed by atoms with Crippen molar-refractivity contribution < 1.29 is 14.3 Å². The third-order valence-corrected chi connectivity index (χ3v) is 4.83. The molecule has 0 amide bonds. The molecule has 0 unspecified atom stereocenters. The number of aromatic nitrogens is 2. The fourth-order valence-electron chi connectivity index (χ4n) is 3.40. The van der Waals surface area contributed by atoms with E-state index in [2.05, 4.69) is 5.10 Å². The lowest BCUT2D eigenvalue weighted by molar-refractivity contribution is 0.0728. The van der Waals surface area contributed by atoms with Gasteiger partial charge in [0.15, 0.2) is 5.69 Å². The van der Waals surface area contributed by atoms with E-state index in [0.29, 0.717) is 23.1 Å². The summed E-state index contributed by atoms with van der Waals surface area (Å²) in [6.07, 6.45) is 0. The molecular weight excluding hydrogens is 380 g/mol. The molecule has 4 rings (SSSR count). The van der Waals surface area contributed by atoms with Gasteiger partial charge in [0.1, 0.15) is 11.5 Å². The number of fused-ring (bicyclic) bond motifs is 2. The first-order valence-electron chi connectivity index (χ1n) is 9.76. The molecule has 6 heteroatoms. The first-order chi connectivity index (χ1) is 14.5. The van der Waals surface area contributed by atoms with E-state index < -0.39 is 5.97 Å². The van der Waals surface area contributed by atoms with Crippen molar-refractivity contribution in [2.45, 2.75) is 20.4 Å². The summed E-state index contributed by atoms with van der Waals surface area (Å²) >= 11 is 0. The highest BCUT2D eigenvalue weighted by atomic mass is 16.5. The molecule has 0 aliphatic heterocycles. The standard InChI is InChI=1S/C24H22N2O4/c1-15(2)14-26-23(27)21-7-5-4-6-20(21)22(25-26)24(28)30-19-11-9-16-8-10-18(29-3)12-17(16)13-19/h4-13,15H,14H2,1-3H3. The summed E-state index contributed by atoms with van der Waals surface area (Å²) in [5.41, 5.74) is -0.0924. The van der Waals surface area contributed by atoms with Crippen LogP contribution in [0.3, 0.4) is 0 Å². The van der Waals surface area contributed by atoms with Gasteiger partial charge in [0.05, 0.1) is 12.5 Å². The Labute approximate surface area is 173 Å². The van der Waals surface area contributed by atoms with Crippen LogP contribution >= 0.6 is 0 Å². The van der Waals surface area contributed by atoms with Gasteiger partial charge in [-0.2, -0.15) is 5.10 Å². The minimum Gasteiger partial charge on any atom is -0.497 e. The van der Waals surface area contributed by atoms with Crippen LogP contribution in [-0.2, 0) is 6.54 Å². The highest BCUT2D eigenvalue weighted by Crippen LogP contribution is 2.26. The maximum Gasteiger partial charge on any atom is 0.364 e. The monoisotopic (exact) mass is 402 g/mol. The van der Waals surface area contributed by atoms with Crippen LogP contribution in [0, 0.1) is 5.92 Å². The van der Waals surface area contributed by atoms with Crippen molar-refractivity contribution in [1.82, 2.24) is 9.78 Å². The zero-order chi connectivity index (χ0) is 21.3. The van der Waals surface area contributed by atoms with E-state index in [1.165, 1.54) is 4.68 Å². The third kappa shape index (κ3) is 3.76. The summed E-state index contributed by atoms with van der Waals surface area (Å²) < 4.78 is 12.2. The number of methoxy groups -OCH3 is 1. The van der Waals surface area contributed by atoms with Crippen molar-refractivity contribution in [3.63, 3.8) is 0 Å². The Hall–Kier alpha value is -3.67. The number of hydrogen-bond donors (Lipinski definition) is 0. The van der Waals surface area contributed by atoms with Crippen molar-refractivity contribution >= 4 is 27.5 Å². The van der Waals surface area contributed by atoms with Crippen LogP contribution in [0.5, 0.6) is 11.5 Å². The van der Waals surface area contributed by atoms with Crippen molar-refractivity contribution in [2.24, 2.45) is 5.92 Å². The molecule has 0 aliphatic rings. The summed E-state index contributed by atoms with van der Waals surface area (Å²) in [6, 6.07) is 18.1. The molecule has 6 nitrogen and oxygen atoms in total. The molecule has 0 bridgehead atoms. The zero-order valence-electron chi connectivity index (χ0n) is 17.1. The Morgan fingerprint density at radius 2 is 1.63 bits per heavy atom. The molecule has 0 aliphatic carbocycles. The predicted octanol–water partition coefficient (Wildman–Crippen LogP) is 4.43.